The maximum atomic E-state index is 13.7. The first-order valence-corrected chi connectivity index (χ1v) is 28.7. The molecule has 0 bridgehead atoms. The van der Waals surface area contributed by atoms with Gasteiger partial charge in [0.05, 0.1) is 96.0 Å². The van der Waals surface area contributed by atoms with Crippen LogP contribution in [-0.2, 0) is 55.9 Å². The number of carbonyl (C=O) groups is 8. The number of likely N-dealkylation sites (N-methyl/N-ethyl adjacent to an activating group) is 1. The number of aliphatic hydroxyl groups excluding tert-OH is 2. The summed E-state index contributed by atoms with van der Waals surface area (Å²) in [5.74, 6) is -9.00. The predicted molar refractivity (Wildman–Crippen MR) is 324 cm³/mol. The largest absolute Gasteiger partial charge is 1.00 e. The summed E-state index contributed by atoms with van der Waals surface area (Å²) in [6, 6.07) is 6.83. The van der Waals surface area contributed by atoms with Crippen molar-refractivity contribution in [2.45, 2.75) is 156 Å². The summed E-state index contributed by atoms with van der Waals surface area (Å²) in [6.45, 7) is 5.39. The fourth-order valence-corrected chi connectivity index (χ4v) is 12.5. The van der Waals surface area contributed by atoms with E-state index >= 15 is 0 Å². The van der Waals surface area contributed by atoms with Crippen molar-refractivity contribution in [3.63, 3.8) is 0 Å². The molecule has 0 unspecified atom stereocenters. The van der Waals surface area contributed by atoms with E-state index in [4.69, 9.17) is 44.2 Å². The summed E-state index contributed by atoms with van der Waals surface area (Å²) in [7, 11) is 2.67. The van der Waals surface area contributed by atoms with E-state index in [1.807, 2.05) is 6.92 Å². The molecule has 0 saturated carbocycles. The van der Waals surface area contributed by atoms with Gasteiger partial charge in [0.2, 0.25) is 11.6 Å². The monoisotopic (exact) mass is 1440 g/mol. The van der Waals surface area contributed by atoms with Crippen molar-refractivity contribution in [3.8, 4) is 34.5 Å². The first-order valence-electron chi connectivity index (χ1n) is 27.6. The number of nitrogens with one attached hydrogen (secondary N) is 2. The quantitative estimate of drug-likeness (QED) is 0.0167. The number of halogens is 4. The Morgan fingerprint density at radius 3 is 1.47 bits per heavy atom. The number of ether oxygens (including phenoxy) is 6. The van der Waals surface area contributed by atoms with Crippen LogP contribution in [0.25, 0.3) is 0 Å². The Morgan fingerprint density at radius 2 is 1.09 bits per heavy atom. The van der Waals surface area contributed by atoms with Crippen LogP contribution in [0.5, 0.6) is 34.5 Å². The van der Waals surface area contributed by atoms with Gasteiger partial charge in [-0.3, -0.25) is 38.4 Å². The molecule has 508 valence electrons. The Labute approximate surface area is 636 Å². The van der Waals surface area contributed by atoms with Crippen molar-refractivity contribution >= 4 is 63.0 Å². The van der Waals surface area contributed by atoms with E-state index in [1.54, 1.807) is 18.3 Å². The molecule has 4 aromatic rings. The Hall–Kier alpha value is -4.18. The summed E-state index contributed by atoms with van der Waals surface area (Å²) in [5, 5.41) is 79.8. The molecule has 94 heavy (non-hydrogen) atoms. The number of benzene rings is 4. The molecule has 6 aliphatic rings. The van der Waals surface area contributed by atoms with Gasteiger partial charge in [0.1, 0.15) is 52.2 Å². The second-order valence-corrected chi connectivity index (χ2v) is 22.1. The van der Waals surface area contributed by atoms with Gasteiger partial charge in [-0.15, -0.1) is 0 Å². The molecule has 4 aromatic carbocycles. The van der Waals surface area contributed by atoms with Crippen molar-refractivity contribution in [1.29, 1.82) is 0 Å². The number of methoxy groups -OCH3 is 2. The van der Waals surface area contributed by atoms with E-state index in [9.17, 15) is 77.4 Å². The maximum Gasteiger partial charge on any atom is 1.00 e. The van der Waals surface area contributed by atoms with Gasteiger partial charge in [0.15, 0.2) is 24.1 Å². The topological polar surface area (TPSA) is 396 Å². The van der Waals surface area contributed by atoms with Gasteiger partial charge in [0, 0.05) is 64.1 Å². The number of carbonyl (C=O) groups excluding carboxylic acids is 8. The third-order valence-corrected chi connectivity index (χ3v) is 16.9. The summed E-state index contributed by atoms with van der Waals surface area (Å²) in [4.78, 5) is 103. The van der Waals surface area contributed by atoms with Crippen molar-refractivity contribution < 1.29 is 225 Å². The number of aliphatic hydroxyl groups is 2. The smallest absolute Gasteiger partial charge is 1.00 e. The standard InChI is InChI=1S/C29H27BrF3NO10.C29H34N2O9.CH2O3.4CH4.2K.H/c1-10-23(36)14(34-28(41)29(31,32)33)8-18(43-10)44-17-7-11(15(35)9-30)6-13-20(17)27(40)22-21(25(13)38)24(37)12-4-3-5-16(42-2)19(12)26(22)39;1-4-31-11-17(32)13-8-15-22(19(9-13)40-20-10-16(30)25(33)12(2)39-20)29(37)24-23(27(15)35)26(34)14-6-5-7-18(38-3)21(14)28(24)36;2-1-4-3;;;;;;;/h3-5,10-11,14,17-18,23,36,38,40H,6-9H2,1-2H3,(H,34,41);5-7,12-13,16,19-20,25,31,33,35,37H,4,8-11,30H2,1-3H3;1,3H;4*1H4;;;/q;;;;;;;2*+1;-1/p-1/t10-,11+,14-,17-,18-,23-;12-,13+,16-,19-,20-,25-;;;;;;;;/m00......../s1. The van der Waals surface area contributed by atoms with Gasteiger partial charge >= 0.3 is 115 Å². The molecule has 0 spiro atoms. The van der Waals surface area contributed by atoms with E-state index in [1.165, 1.54) is 51.5 Å². The minimum Gasteiger partial charge on any atom is -1.00 e. The molecule has 12 atom stereocenters. The van der Waals surface area contributed by atoms with Crippen molar-refractivity contribution in [3.05, 3.63) is 103 Å². The van der Waals surface area contributed by atoms with Crippen molar-refractivity contribution in [2.24, 2.45) is 17.6 Å². The summed E-state index contributed by atoms with van der Waals surface area (Å²) in [5.41, 5.74) is 4.54. The average Bonchev–Trinajstić information content (AvgIpc) is 0.724. The number of nitrogens with two attached hydrogens (primary N) is 1. The zero-order chi connectivity index (χ0) is 64.5. The van der Waals surface area contributed by atoms with E-state index < -0.39 is 149 Å². The third-order valence-electron chi connectivity index (χ3n) is 16.4. The molecule has 10 rings (SSSR count). The third kappa shape index (κ3) is 17.1. The number of rotatable bonds is 14. The first kappa shape index (κ1) is 85.9. The van der Waals surface area contributed by atoms with Crippen LogP contribution in [-0.4, -0.2) is 166 Å². The maximum absolute atomic E-state index is 13.7. The predicted octanol–water partition coefficient (Wildman–Crippen LogP) is -0.388. The Kier molecular flexibility index (Phi) is 33.0. The Bertz CT molecular complexity index is 3470. The molecule has 25 nitrogen and oxygen atoms in total. The normalized spacial score (nSPS) is 24.3. The Morgan fingerprint density at radius 1 is 0.681 bits per heavy atom. The molecule has 2 saturated heterocycles. The number of ketones is 6. The van der Waals surface area contributed by atoms with Gasteiger partial charge in [-0.05, 0) is 58.2 Å². The number of hydrogen-bond donors (Lipinski definition) is 9. The molecule has 10 N–H and O–H groups in total. The molecule has 2 fully saturated rings. The SMILES string of the molecule is C.C.C.C.CCNCC(=O)[C@@H]1Cc2c(O)c3c(c(O)c2[C@@H](O[C@H]2C[C@H](N)[C@@H](O)[C@H](C)O2)C1)C(=O)c1c(OC)cccc1C3=O.COc1cccc2c1C(=O)c1c(O)c3c(c(O)c1C2=O)C[C@@H](C(=O)CBr)C[C@@H]3O[C@H]1C[C@H](NC(=O)C(F)(F)F)[C@@H](O)[C@H](C)O1.O=CO[O-].[H-].[K+].[K+]. The molecule has 0 aromatic heterocycles. The minimum atomic E-state index is -5.21. The van der Waals surface area contributed by atoms with Gasteiger partial charge in [0.25, 0.3) is 6.47 Å². The van der Waals surface area contributed by atoms with Crippen molar-refractivity contribution in [2.75, 3.05) is 32.6 Å². The molecule has 2 heterocycles. The van der Waals surface area contributed by atoms with Crippen LogP contribution in [0.4, 0.5) is 13.2 Å². The number of hydrogen-bond acceptors (Lipinski definition) is 24. The van der Waals surface area contributed by atoms with Crippen LogP contribution in [0.15, 0.2) is 36.4 Å². The number of amides is 1. The Balaban J connectivity index is 0.000000843. The number of phenolic OH excluding ortho intramolecular Hbond substituents is 4. The van der Waals surface area contributed by atoms with Crippen LogP contribution in [0.3, 0.4) is 0 Å². The average molecular weight is 1450 g/mol. The van der Waals surface area contributed by atoms with Gasteiger partial charge in [-0.1, -0.05) is 76.8 Å². The molecule has 0 radical (unpaired) electrons. The summed E-state index contributed by atoms with van der Waals surface area (Å²) < 4.78 is 73.2. The fourth-order valence-electron chi connectivity index (χ4n) is 12.1. The van der Waals surface area contributed by atoms with Gasteiger partial charge < -0.3 is 87.0 Å². The van der Waals surface area contributed by atoms with E-state index in [0.29, 0.717) is 6.54 Å². The van der Waals surface area contributed by atoms with Gasteiger partial charge in [-0.25, -0.2) is 0 Å². The minimum absolute atomic E-state index is 0. The van der Waals surface area contributed by atoms with Crippen LogP contribution < -0.4 is 134 Å². The van der Waals surface area contributed by atoms with Crippen molar-refractivity contribution in [1.82, 2.24) is 10.6 Å². The van der Waals surface area contributed by atoms with Crippen LogP contribution in [0, 0.1) is 11.8 Å². The zero-order valence-corrected chi connectivity index (χ0v) is 57.5. The molecule has 2 aliphatic heterocycles. The zero-order valence-electron chi connectivity index (χ0n) is 50.6. The van der Waals surface area contributed by atoms with Crippen LogP contribution >= 0.6 is 15.9 Å². The van der Waals surface area contributed by atoms with Gasteiger partial charge in [-0.2, -0.15) is 13.2 Å². The number of fused-ring (bicyclic) bond motifs is 6. The second-order valence-electron chi connectivity index (χ2n) is 21.6. The van der Waals surface area contributed by atoms with E-state index in [-0.39, 0.29) is 263 Å². The van der Waals surface area contributed by atoms with Crippen LogP contribution in [0.2, 0.25) is 0 Å². The fraction of sp³-hybridized carbons (Fsp3) is 0.492. The molecule has 1 amide bonds. The number of aromatic hydroxyl groups is 4. The van der Waals surface area contributed by atoms with E-state index in [0.717, 1.165) is 0 Å². The molecule has 31 heteroatoms. The number of alkyl halides is 4. The molecule has 4 aliphatic carbocycles. The molecular formula is C63H79BrF3K2N3O22. The van der Waals surface area contributed by atoms with Crippen LogP contribution in [0.1, 0.15) is 176 Å². The number of Topliss-reactive ketones (excluding diaryl/α,β-unsaturated/α-hetero) is 2. The summed E-state index contributed by atoms with van der Waals surface area (Å²) >= 11 is 3.11. The number of phenols is 4. The van der Waals surface area contributed by atoms with E-state index in [2.05, 4.69) is 26.1 Å². The summed E-state index contributed by atoms with van der Waals surface area (Å²) in [6.07, 6.45) is -14.2. The molecular weight excluding hydrogens is 1370 g/mol. The first-order chi connectivity index (χ1) is 41.7. The second kappa shape index (κ2) is 36.1.